The van der Waals surface area contributed by atoms with Crippen LogP contribution in [0.3, 0.4) is 0 Å². The third kappa shape index (κ3) is 4.63. The second kappa shape index (κ2) is 8.67. The van der Waals surface area contributed by atoms with Crippen molar-refractivity contribution in [1.29, 1.82) is 0 Å². The van der Waals surface area contributed by atoms with Crippen LogP contribution < -0.4 is 4.74 Å². The molecule has 4 saturated carbocycles. The van der Waals surface area contributed by atoms with Gasteiger partial charge in [-0.05, 0) is 86.3 Å². The SMILES string of the molecule is CCC(C)c1ccc(OC(OCCOC(C)=O)C23CC4CC(CC(C4)C2)C3)cc1. The van der Waals surface area contributed by atoms with Gasteiger partial charge in [-0.1, -0.05) is 26.0 Å². The highest BCUT2D eigenvalue weighted by atomic mass is 16.7. The number of hydrogen-bond acceptors (Lipinski definition) is 4. The largest absolute Gasteiger partial charge is 0.464 e. The molecule has 2 atom stereocenters. The average molecular weight is 401 g/mol. The summed E-state index contributed by atoms with van der Waals surface area (Å²) < 4.78 is 17.9. The van der Waals surface area contributed by atoms with Crippen molar-refractivity contribution in [3.05, 3.63) is 29.8 Å². The molecular formula is C25H36O4. The van der Waals surface area contributed by atoms with Crippen molar-refractivity contribution < 1.29 is 19.0 Å². The van der Waals surface area contributed by atoms with Gasteiger partial charge in [0, 0.05) is 12.3 Å². The van der Waals surface area contributed by atoms with Crippen molar-refractivity contribution in [3.8, 4) is 5.75 Å². The standard InChI is InChI=1S/C25H36O4/c1-4-17(2)22-5-7-23(8-6-22)29-24(28-10-9-27-18(3)26)25-14-19-11-20(15-25)13-21(12-19)16-25/h5-8,17,19-21,24H,4,9-16H2,1-3H3. The summed E-state index contributed by atoms with van der Waals surface area (Å²) in [7, 11) is 0. The molecule has 29 heavy (non-hydrogen) atoms. The first-order chi connectivity index (χ1) is 14.0. The lowest BCUT2D eigenvalue weighted by molar-refractivity contribution is -0.218. The number of carbonyl (C=O) groups excluding carboxylic acids is 1. The van der Waals surface area contributed by atoms with E-state index in [2.05, 4.69) is 38.1 Å². The van der Waals surface area contributed by atoms with Crippen molar-refractivity contribution in [2.75, 3.05) is 13.2 Å². The van der Waals surface area contributed by atoms with E-state index in [9.17, 15) is 4.79 Å². The van der Waals surface area contributed by atoms with E-state index in [1.54, 1.807) is 0 Å². The van der Waals surface area contributed by atoms with E-state index < -0.39 is 0 Å². The Morgan fingerprint density at radius 1 is 1.03 bits per heavy atom. The number of hydrogen-bond donors (Lipinski definition) is 0. The molecule has 4 nitrogen and oxygen atoms in total. The van der Waals surface area contributed by atoms with Crippen LogP contribution in [-0.2, 0) is 14.3 Å². The third-order valence-corrected chi connectivity index (χ3v) is 7.55. The molecule has 0 heterocycles. The summed E-state index contributed by atoms with van der Waals surface area (Å²) in [6.07, 6.45) is 8.68. The van der Waals surface area contributed by atoms with E-state index in [1.807, 2.05) is 0 Å². The lowest BCUT2D eigenvalue weighted by Gasteiger charge is -2.58. The molecular weight excluding hydrogens is 364 g/mol. The Labute approximate surface area is 175 Å². The van der Waals surface area contributed by atoms with Crippen molar-refractivity contribution in [1.82, 2.24) is 0 Å². The zero-order valence-electron chi connectivity index (χ0n) is 18.2. The van der Waals surface area contributed by atoms with Gasteiger partial charge in [-0.2, -0.15) is 0 Å². The third-order valence-electron chi connectivity index (χ3n) is 7.55. The molecule has 4 aliphatic carbocycles. The highest BCUT2D eigenvalue weighted by Gasteiger charge is 2.55. The predicted octanol–water partition coefficient (Wildman–Crippen LogP) is 5.70. The van der Waals surface area contributed by atoms with Gasteiger partial charge in [0.25, 0.3) is 0 Å². The van der Waals surface area contributed by atoms with E-state index in [-0.39, 0.29) is 24.3 Å². The first-order valence-electron chi connectivity index (χ1n) is 11.5. The second-order valence-corrected chi connectivity index (χ2v) is 9.82. The maximum Gasteiger partial charge on any atom is 0.302 e. The van der Waals surface area contributed by atoms with Gasteiger partial charge in [-0.3, -0.25) is 4.79 Å². The summed E-state index contributed by atoms with van der Waals surface area (Å²) in [5.41, 5.74) is 1.46. The Bertz CT molecular complexity index is 660. The molecule has 0 saturated heterocycles. The van der Waals surface area contributed by atoms with E-state index in [4.69, 9.17) is 14.2 Å². The minimum atomic E-state index is -0.263. The lowest BCUT2D eigenvalue weighted by Crippen LogP contribution is -2.54. The van der Waals surface area contributed by atoms with Gasteiger partial charge in [0.2, 0.25) is 6.29 Å². The first kappa shape index (κ1) is 20.7. The Morgan fingerprint density at radius 3 is 2.14 bits per heavy atom. The number of rotatable bonds is 9. The minimum absolute atomic E-state index is 0.111. The van der Waals surface area contributed by atoms with Gasteiger partial charge in [0.1, 0.15) is 12.4 Å². The van der Waals surface area contributed by atoms with Crippen molar-refractivity contribution >= 4 is 5.97 Å². The van der Waals surface area contributed by atoms with Crippen LogP contribution in [0.1, 0.15) is 77.2 Å². The van der Waals surface area contributed by atoms with E-state index in [0.717, 1.165) is 29.9 Å². The number of ether oxygens (including phenoxy) is 3. The fourth-order valence-corrected chi connectivity index (χ4v) is 6.38. The Hall–Kier alpha value is -1.55. The molecule has 2 unspecified atom stereocenters. The minimum Gasteiger partial charge on any atom is -0.464 e. The van der Waals surface area contributed by atoms with Crippen molar-refractivity contribution in [2.45, 2.75) is 77.9 Å². The number of carbonyl (C=O) groups is 1. The van der Waals surface area contributed by atoms with Crippen LogP contribution in [0.4, 0.5) is 0 Å². The Kier molecular flexibility index (Phi) is 6.19. The molecule has 4 heteroatoms. The van der Waals surface area contributed by atoms with E-state index in [0.29, 0.717) is 12.5 Å². The monoisotopic (exact) mass is 400 g/mol. The van der Waals surface area contributed by atoms with Crippen molar-refractivity contribution in [2.24, 2.45) is 23.2 Å². The van der Waals surface area contributed by atoms with Crippen LogP contribution >= 0.6 is 0 Å². The van der Waals surface area contributed by atoms with Gasteiger partial charge >= 0.3 is 5.97 Å². The molecule has 1 aromatic rings. The molecule has 1 aromatic carbocycles. The molecule has 4 bridgehead atoms. The van der Waals surface area contributed by atoms with Crippen LogP contribution in [0.15, 0.2) is 24.3 Å². The molecule has 0 spiro atoms. The van der Waals surface area contributed by atoms with Gasteiger partial charge in [0.05, 0.1) is 6.61 Å². The Morgan fingerprint density at radius 2 is 1.62 bits per heavy atom. The molecule has 0 N–H and O–H groups in total. The summed E-state index contributed by atoms with van der Waals surface area (Å²) in [6.45, 7) is 6.58. The maximum atomic E-state index is 11.1. The second-order valence-electron chi connectivity index (χ2n) is 9.82. The number of benzene rings is 1. The molecule has 5 rings (SSSR count). The van der Waals surface area contributed by atoms with Crippen LogP contribution in [0.5, 0.6) is 5.75 Å². The highest BCUT2D eigenvalue weighted by molar-refractivity contribution is 5.65. The van der Waals surface area contributed by atoms with E-state index >= 15 is 0 Å². The molecule has 4 aliphatic rings. The molecule has 160 valence electrons. The topological polar surface area (TPSA) is 44.8 Å². The summed E-state index contributed by atoms with van der Waals surface area (Å²) in [5.74, 6) is 3.67. The molecule has 0 amide bonds. The normalized spacial score (nSPS) is 32.0. The molecule has 4 fully saturated rings. The zero-order chi connectivity index (χ0) is 20.4. The van der Waals surface area contributed by atoms with E-state index in [1.165, 1.54) is 51.0 Å². The van der Waals surface area contributed by atoms with Crippen LogP contribution in [-0.4, -0.2) is 25.5 Å². The molecule has 0 aliphatic heterocycles. The average Bonchev–Trinajstić information content (AvgIpc) is 2.69. The van der Waals surface area contributed by atoms with Crippen molar-refractivity contribution in [3.63, 3.8) is 0 Å². The molecule has 0 aromatic heterocycles. The van der Waals surface area contributed by atoms with Gasteiger partial charge in [-0.25, -0.2) is 0 Å². The molecule has 0 radical (unpaired) electrons. The Balaban J connectivity index is 1.48. The predicted molar refractivity (Wildman–Crippen MR) is 113 cm³/mol. The quantitative estimate of drug-likeness (QED) is 0.303. The highest BCUT2D eigenvalue weighted by Crippen LogP contribution is 2.61. The number of esters is 1. The van der Waals surface area contributed by atoms with Crippen LogP contribution in [0, 0.1) is 23.2 Å². The lowest BCUT2D eigenvalue weighted by atomic mass is 9.49. The van der Waals surface area contributed by atoms with Gasteiger partial charge in [-0.15, -0.1) is 0 Å². The maximum absolute atomic E-state index is 11.1. The van der Waals surface area contributed by atoms with Gasteiger partial charge < -0.3 is 14.2 Å². The fourth-order valence-electron chi connectivity index (χ4n) is 6.38. The smallest absolute Gasteiger partial charge is 0.302 e. The first-order valence-corrected chi connectivity index (χ1v) is 11.5. The summed E-state index contributed by atoms with van der Waals surface area (Å²) in [6, 6.07) is 8.53. The van der Waals surface area contributed by atoms with Crippen LogP contribution in [0.2, 0.25) is 0 Å². The van der Waals surface area contributed by atoms with Gasteiger partial charge in [0.15, 0.2) is 0 Å². The fraction of sp³-hybridized carbons (Fsp3) is 0.720. The summed E-state index contributed by atoms with van der Waals surface area (Å²) in [5, 5.41) is 0. The van der Waals surface area contributed by atoms with Crippen LogP contribution in [0.25, 0.3) is 0 Å². The zero-order valence-corrected chi connectivity index (χ0v) is 18.2. The summed E-state index contributed by atoms with van der Waals surface area (Å²) >= 11 is 0. The summed E-state index contributed by atoms with van der Waals surface area (Å²) in [4.78, 5) is 11.1.